The van der Waals surface area contributed by atoms with Gasteiger partial charge in [-0.3, -0.25) is 14.1 Å². The highest BCUT2D eigenvalue weighted by molar-refractivity contribution is 7.80. The lowest BCUT2D eigenvalue weighted by molar-refractivity contribution is -0.218. The molecule has 0 saturated carbocycles. The maximum Gasteiger partial charge on any atom is 0.418 e. The molecule has 0 aliphatic carbocycles. The molecule has 4 heterocycles. The number of amides is 2. The molecule has 46 heavy (non-hydrogen) atoms. The number of anilines is 3. The number of nitrogens with zero attached hydrogens (tertiary/aromatic N) is 6. The number of thiazole rings is 1. The number of nitrogens with one attached hydrogen (secondary N) is 2. The van der Waals surface area contributed by atoms with Gasteiger partial charge in [-0.15, -0.1) is 15.6 Å². The molecular weight excluding hydrogens is 652 g/mol. The van der Waals surface area contributed by atoms with Crippen LogP contribution in [0.2, 0.25) is 0 Å². The molecule has 20 nitrogen and oxygen atoms in total. The SMILES string of the molecule is CC1(C)[C@H](NC(=O)/C(=N\O[C@@H](COc2ccc(Nc3nccn3CCCN)nc2)C(=O)O)c2csc(N)n2)C(=O)N1OS(=O)(=O)O. The first-order chi connectivity index (χ1) is 21.7. The lowest BCUT2D eigenvalue weighted by Gasteiger charge is -2.50. The number of aliphatic carboxylic acids is 1. The van der Waals surface area contributed by atoms with Crippen LogP contribution in [0.5, 0.6) is 5.75 Å². The van der Waals surface area contributed by atoms with E-state index in [4.69, 9.17) is 25.6 Å². The topological polar surface area (TPSA) is 289 Å². The first kappa shape index (κ1) is 34.0. The fourth-order valence-electron chi connectivity index (χ4n) is 3.98. The molecule has 0 unspecified atom stereocenters. The maximum absolute atomic E-state index is 13.2. The second-order valence-corrected chi connectivity index (χ2v) is 11.9. The number of oxime groups is 1. The Labute approximate surface area is 265 Å². The smallest absolute Gasteiger partial charge is 0.418 e. The van der Waals surface area contributed by atoms with E-state index in [1.807, 2.05) is 4.57 Å². The van der Waals surface area contributed by atoms with Crippen molar-refractivity contribution in [2.24, 2.45) is 10.9 Å². The number of hydrogen-bond acceptors (Lipinski definition) is 16. The number of β-lactam (4-membered cyclic amide) rings is 1. The fraction of sp³-hybridized carbons (Fsp3) is 0.375. The van der Waals surface area contributed by atoms with Gasteiger partial charge in [-0.05, 0) is 38.9 Å². The van der Waals surface area contributed by atoms with Crippen LogP contribution in [0.15, 0.2) is 41.3 Å². The third-order valence-electron chi connectivity index (χ3n) is 6.34. The van der Waals surface area contributed by atoms with Crippen LogP contribution in [0.3, 0.4) is 0 Å². The summed E-state index contributed by atoms with van der Waals surface area (Å²) < 4.78 is 42.7. The van der Waals surface area contributed by atoms with Crippen LogP contribution in [0, 0.1) is 0 Å². The number of aromatic nitrogens is 4. The van der Waals surface area contributed by atoms with E-state index < -0.39 is 58.2 Å². The van der Waals surface area contributed by atoms with Crippen LogP contribution in [0.25, 0.3) is 0 Å². The number of carboxylic acids is 1. The summed E-state index contributed by atoms with van der Waals surface area (Å²) >= 11 is 0.947. The first-order valence-electron chi connectivity index (χ1n) is 13.3. The molecule has 4 rings (SSSR count). The van der Waals surface area contributed by atoms with E-state index >= 15 is 0 Å². The van der Waals surface area contributed by atoms with Gasteiger partial charge in [0.15, 0.2) is 10.8 Å². The summed E-state index contributed by atoms with van der Waals surface area (Å²) in [6.07, 6.45) is 3.82. The molecule has 8 N–H and O–H groups in total. The summed E-state index contributed by atoms with van der Waals surface area (Å²) in [6, 6.07) is 1.79. The molecule has 1 fully saturated rings. The number of carbonyl (C=O) groups excluding carboxylic acids is 2. The van der Waals surface area contributed by atoms with Crippen molar-refractivity contribution in [2.75, 3.05) is 24.2 Å². The fourth-order valence-corrected chi connectivity index (χ4v) is 4.99. The van der Waals surface area contributed by atoms with Gasteiger partial charge < -0.3 is 41.3 Å². The van der Waals surface area contributed by atoms with Gasteiger partial charge in [0, 0.05) is 24.3 Å². The van der Waals surface area contributed by atoms with Crippen molar-refractivity contribution in [1.82, 2.24) is 29.9 Å². The molecule has 248 valence electrons. The quantitative estimate of drug-likeness (QED) is 0.0480. The van der Waals surface area contributed by atoms with Crippen molar-refractivity contribution in [3.05, 3.63) is 41.8 Å². The van der Waals surface area contributed by atoms with Crippen molar-refractivity contribution in [3.63, 3.8) is 0 Å². The Morgan fingerprint density at radius 3 is 2.63 bits per heavy atom. The van der Waals surface area contributed by atoms with Crippen molar-refractivity contribution in [2.45, 2.75) is 44.5 Å². The molecular formula is C24H30N10O10S2. The molecule has 2 amide bonds. The average molecular weight is 683 g/mol. The molecule has 0 radical (unpaired) electrons. The number of carbonyl (C=O) groups is 3. The number of hydrogen-bond donors (Lipinski definition) is 6. The van der Waals surface area contributed by atoms with Crippen molar-refractivity contribution in [3.8, 4) is 5.75 Å². The monoisotopic (exact) mass is 682 g/mol. The highest BCUT2D eigenvalue weighted by Gasteiger charge is 2.58. The molecule has 22 heteroatoms. The van der Waals surface area contributed by atoms with Gasteiger partial charge in [0.25, 0.3) is 17.9 Å². The Bertz CT molecular complexity index is 1710. The zero-order valence-electron chi connectivity index (χ0n) is 24.3. The number of ether oxygens (including phenoxy) is 1. The van der Waals surface area contributed by atoms with Gasteiger partial charge in [0.1, 0.15) is 29.9 Å². The summed E-state index contributed by atoms with van der Waals surface area (Å²) in [5, 5.41) is 20.5. The summed E-state index contributed by atoms with van der Waals surface area (Å²) in [5.41, 5.74) is 9.17. The Morgan fingerprint density at radius 2 is 2.04 bits per heavy atom. The highest BCUT2D eigenvalue weighted by Crippen LogP contribution is 2.33. The zero-order valence-corrected chi connectivity index (χ0v) is 25.9. The minimum Gasteiger partial charge on any atom is -0.487 e. The number of nitrogen functional groups attached to an aromatic ring is 1. The van der Waals surface area contributed by atoms with E-state index in [0.29, 0.717) is 29.9 Å². The number of rotatable bonds is 16. The molecule has 1 aliphatic rings. The van der Waals surface area contributed by atoms with Crippen LogP contribution in [0.4, 0.5) is 16.9 Å². The Kier molecular flexibility index (Phi) is 10.4. The van der Waals surface area contributed by atoms with Gasteiger partial charge in [-0.2, -0.15) is 13.5 Å². The average Bonchev–Trinajstić information content (AvgIpc) is 3.63. The number of imidazole rings is 1. The molecule has 1 aliphatic heterocycles. The van der Waals surface area contributed by atoms with Crippen molar-refractivity contribution < 1.29 is 46.3 Å². The van der Waals surface area contributed by atoms with E-state index in [1.54, 1.807) is 18.5 Å². The number of pyridine rings is 1. The largest absolute Gasteiger partial charge is 0.487 e. The lowest BCUT2D eigenvalue weighted by Crippen LogP contribution is -2.76. The third-order valence-corrected chi connectivity index (χ3v) is 7.36. The first-order valence-corrected chi connectivity index (χ1v) is 15.5. The Balaban J connectivity index is 1.42. The standard InChI is InChI=1S/C24H30N10O10S2/c1-24(2)18(20(36)34(24)44-46(39,40)41)31-19(35)17(14-12-45-22(26)29-14)32-43-15(21(37)38)11-42-13-4-5-16(28-10-13)30-23-27-7-9-33(23)8-3-6-25/h4-5,7,9-10,12,15,18H,3,6,8,11,25H2,1-2H3,(H2,26,29)(H,31,35)(H,37,38)(H,27,28,30)(H,39,40,41)/b32-17-/t15-,18+/m0/s1. The van der Waals surface area contributed by atoms with Gasteiger partial charge in [-0.1, -0.05) is 5.16 Å². The molecule has 3 aromatic heterocycles. The van der Waals surface area contributed by atoms with Crippen LogP contribution in [-0.4, -0.2) is 97.0 Å². The number of carboxylic acid groups (broad SMARTS) is 1. The minimum absolute atomic E-state index is 0.0476. The second-order valence-electron chi connectivity index (χ2n) is 10.0. The molecule has 1 saturated heterocycles. The van der Waals surface area contributed by atoms with Crippen LogP contribution in [-0.2, 0) is 40.4 Å². The lowest BCUT2D eigenvalue weighted by atomic mass is 9.84. The number of nitrogens with two attached hydrogens (primary N) is 2. The highest BCUT2D eigenvalue weighted by atomic mass is 32.3. The molecule has 2 atom stereocenters. The number of hydroxylamine groups is 2. The number of aryl methyl sites for hydroxylation is 1. The summed E-state index contributed by atoms with van der Waals surface area (Å²) in [4.78, 5) is 55.1. The normalized spacial score (nSPS) is 16.8. The summed E-state index contributed by atoms with van der Waals surface area (Å²) in [7, 11) is -5.02. The van der Waals surface area contributed by atoms with Gasteiger partial charge in [0.05, 0.1) is 11.7 Å². The van der Waals surface area contributed by atoms with E-state index in [1.165, 1.54) is 31.5 Å². The van der Waals surface area contributed by atoms with Crippen molar-refractivity contribution >= 4 is 62.1 Å². The van der Waals surface area contributed by atoms with E-state index in [2.05, 4.69) is 35.0 Å². The van der Waals surface area contributed by atoms with Crippen LogP contribution >= 0.6 is 11.3 Å². The second kappa shape index (κ2) is 14.0. The Hall–Kier alpha value is -4.90. The molecule has 0 bridgehead atoms. The summed E-state index contributed by atoms with van der Waals surface area (Å²) in [5.74, 6) is -2.32. The molecule has 3 aromatic rings. The molecule has 0 aromatic carbocycles. The zero-order chi connectivity index (χ0) is 33.6. The van der Waals surface area contributed by atoms with Gasteiger partial charge in [0.2, 0.25) is 5.95 Å². The maximum atomic E-state index is 13.2. The van der Waals surface area contributed by atoms with Gasteiger partial charge in [-0.25, -0.2) is 19.7 Å². The van der Waals surface area contributed by atoms with Crippen LogP contribution in [0.1, 0.15) is 26.0 Å². The predicted octanol–water partition coefficient (Wildman–Crippen LogP) is -0.498. The van der Waals surface area contributed by atoms with Crippen molar-refractivity contribution in [1.29, 1.82) is 0 Å². The Morgan fingerprint density at radius 1 is 1.28 bits per heavy atom. The molecule has 0 spiro atoms. The van der Waals surface area contributed by atoms with Crippen LogP contribution < -0.4 is 26.8 Å². The minimum atomic E-state index is -5.02. The van der Waals surface area contributed by atoms with E-state index in [9.17, 15) is 27.9 Å². The van der Waals surface area contributed by atoms with E-state index in [0.717, 1.165) is 17.8 Å². The van der Waals surface area contributed by atoms with Gasteiger partial charge >= 0.3 is 16.4 Å². The van der Waals surface area contributed by atoms with E-state index in [-0.39, 0.29) is 16.6 Å². The third kappa shape index (κ3) is 8.22. The summed E-state index contributed by atoms with van der Waals surface area (Å²) in [6.45, 7) is 3.34. The predicted molar refractivity (Wildman–Crippen MR) is 160 cm³/mol.